The van der Waals surface area contributed by atoms with Crippen molar-refractivity contribution in [2.24, 2.45) is 5.10 Å². The molecule has 0 saturated heterocycles. The second kappa shape index (κ2) is 6.02. The molecule has 2 N–H and O–H groups in total. The number of hydrazone groups is 1. The zero-order valence-electron chi connectivity index (χ0n) is 11.4. The molecule has 2 rings (SSSR count). The molecule has 0 aliphatic carbocycles. The molecule has 2 aromatic rings. The Morgan fingerprint density at radius 3 is 2.70 bits per heavy atom. The Hall–Kier alpha value is -2.62. The standard InChI is InChI=1S/C16H16N2O2/c1-11-7-8-15(19)13(9-11)10-17-18-16(20)14-6-4-3-5-12(14)2/h3-10,19H,1-2H3,(H,18,20). The lowest BCUT2D eigenvalue weighted by molar-refractivity contribution is 0.0954. The van der Waals surface area contributed by atoms with Crippen molar-refractivity contribution < 1.29 is 9.90 Å². The fraction of sp³-hybridized carbons (Fsp3) is 0.125. The van der Waals surface area contributed by atoms with Crippen molar-refractivity contribution in [3.05, 3.63) is 64.7 Å². The van der Waals surface area contributed by atoms with Crippen LogP contribution in [0.3, 0.4) is 0 Å². The average molecular weight is 268 g/mol. The monoisotopic (exact) mass is 268 g/mol. The molecule has 0 aromatic heterocycles. The molecule has 102 valence electrons. The Bertz CT molecular complexity index is 663. The van der Waals surface area contributed by atoms with E-state index in [4.69, 9.17) is 0 Å². The summed E-state index contributed by atoms with van der Waals surface area (Å²) in [6.45, 7) is 3.79. The molecule has 0 radical (unpaired) electrons. The van der Waals surface area contributed by atoms with Crippen LogP contribution in [0.15, 0.2) is 47.6 Å². The molecule has 0 bridgehead atoms. The van der Waals surface area contributed by atoms with Crippen molar-refractivity contribution in [2.45, 2.75) is 13.8 Å². The van der Waals surface area contributed by atoms with Crippen molar-refractivity contribution in [1.29, 1.82) is 0 Å². The van der Waals surface area contributed by atoms with E-state index < -0.39 is 0 Å². The van der Waals surface area contributed by atoms with Crippen LogP contribution in [0, 0.1) is 13.8 Å². The number of amides is 1. The van der Waals surface area contributed by atoms with Crippen molar-refractivity contribution in [3.8, 4) is 5.75 Å². The van der Waals surface area contributed by atoms with Crippen LogP contribution in [0.25, 0.3) is 0 Å². The molecule has 4 nitrogen and oxygen atoms in total. The summed E-state index contributed by atoms with van der Waals surface area (Å²) in [5, 5.41) is 13.5. The zero-order valence-corrected chi connectivity index (χ0v) is 11.4. The largest absolute Gasteiger partial charge is 0.507 e. The van der Waals surface area contributed by atoms with Crippen LogP contribution in [0.1, 0.15) is 27.0 Å². The predicted octanol–water partition coefficient (Wildman–Crippen LogP) is 2.77. The van der Waals surface area contributed by atoms with E-state index in [0.717, 1.165) is 11.1 Å². The van der Waals surface area contributed by atoms with Gasteiger partial charge in [-0.3, -0.25) is 4.79 Å². The predicted molar refractivity (Wildman–Crippen MR) is 79.1 cm³/mol. The summed E-state index contributed by atoms with van der Waals surface area (Å²) in [7, 11) is 0. The van der Waals surface area contributed by atoms with Gasteiger partial charge in [0, 0.05) is 11.1 Å². The van der Waals surface area contributed by atoms with Gasteiger partial charge in [-0.15, -0.1) is 0 Å². The van der Waals surface area contributed by atoms with Gasteiger partial charge in [-0.05, 0) is 37.6 Å². The van der Waals surface area contributed by atoms with Crippen molar-refractivity contribution >= 4 is 12.1 Å². The molecule has 0 unspecified atom stereocenters. The molecule has 20 heavy (non-hydrogen) atoms. The SMILES string of the molecule is Cc1ccc(O)c(C=NNC(=O)c2ccccc2C)c1. The Balaban J connectivity index is 2.09. The van der Waals surface area contributed by atoms with Gasteiger partial charge in [-0.1, -0.05) is 29.8 Å². The number of hydrogen-bond donors (Lipinski definition) is 2. The third-order valence-corrected chi connectivity index (χ3v) is 2.94. The maximum atomic E-state index is 11.9. The van der Waals surface area contributed by atoms with Crippen LogP contribution in [0.2, 0.25) is 0 Å². The van der Waals surface area contributed by atoms with E-state index in [9.17, 15) is 9.90 Å². The summed E-state index contributed by atoms with van der Waals surface area (Å²) in [6, 6.07) is 12.5. The maximum absolute atomic E-state index is 11.9. The first-order valence-electron chi connectivity index (χ1n) is 6.26. The summed E-state index contributed by atoms with van der Waals surface area (Å²) in [4.78, 5) is 11.9. The molecular formula is C16H16N2O2. The number of carbonyl (C=O) groups excluding carboxylic acids is 1. The highest BCUT2D eigenvalue weighted by atomic mass is 16.3. The first-order valence-corrected chi connectivity index (χ1v) is 6.26. The van der Waals surface area contributed by atoms with E-state index in [1.165, 1.54) is 6.21 Å². The molecule has 1 amide bonds. The average Bonchev–Trinajstić information content (AvgIpc) is 2.43. The quantitative estimate of drug-likeness (QED) is 0.664. The van der Waals surface area contributed by atoms with Crippen molar-refractivity contribution in [2.75, 3.05) is 0 Å². The van der Waals surface area contributed by atoms with Gasteiger partial charge in [0.1, 0.15) is 5.75 Å². The maximum Gasteiger partial charge on any atom is 0.271 e. The lowest BCUT2D eigenvalue weighted by atomic mass is 10.1. The van der Waals surface area contributed by atoms with E-state index in [1.807, 2.05) is 26.0 Å². The first kappa shape index (κ1) is 13.8. The van der Waals surface area contributed by atoms with E-state index in [1.54, 1.807) is 30.3 Å². The number of benzene rings is 2. The van der Waals surface area contributed by atoms with Crippen LogP contribution >= 0.6 is 0 Å². The molecule has 0 spiro atoms. The Kier molecular flexibility index (Phi) is 4.15. The highest BCUT2D eigenvalue weighted by Gasteiger charge is 2.06. The number of phenolic OH excluding ortho intramolecular Hbond substituents is 1. The molecule has 0 saturated carbocycles. The molecule has 0 aliphatic rings. The van der Waals surface area contributed by atoms with Gasteiger partial charge in [0.2, 0.25) is 0 Å². The third kappa shape index (κ3) is 3.23. The number of nitrogens with zero attached hydrogens (tertiary/aromatic N) is 1. The molecule has 2 aromatic carbocycles. The van der Waals surface area contributed by atoms with Gasteiger partial charge in [-0.2, -0.15) is 5.10 Å². The zero-order chi connectivity index (χ0) is 14.5. The Labute approximate surface area is 117 Å². The van der Waals surface area contributed by atoms with E-state index in [0.29, 0.717) is 11.1 Å². The van der Waals surface area contributed by atoms with Gasteiger partial charge in [0.15, 0.2) is 0 Å². The van der Waals surface area contributed by atoms with Crippen LogP contribution in [-0.4, -0.2) is 17.2 Å². The number of nitrogens with one attached hydrogen (secondary N) is 1. The first-order chi connectivity index (χ1) is 9.58. The second-order valence-corrected chi connectivity index (χ2v) is 4.58. The fourth-order valence-corrected chi connectivity index (χ4v) is 1.83. The van der Waals surface area contributed by atoms with Gasteiger partial charge >= 0.3 is 0 Å². The molecule has 0 aliphatic heterocycles. The minimum absolute atomic E-state index is 0.129. The number of hydrogen-bond acceptors (Lipinski definition) is 3. The number of carbonyl (C=O) groups is 1. The van der Waals surface area contributed by atoms with Crippen LogP contribution in [0.4, 0.5) is 0 Å². The van der Waals surface area contributed by atoms with E-state index in [2.05, 4.69) is 10.5 Å². The normalized spacial score (nSPS) is 10.7. The van der Waals surface area contributed by atoms with Gasteiger partial charge < -0.3 is 5.11 Å². The van der Waals surface area contributed by atoms with Crippen LogP contribution in [0.5, 0.6) is 5.75 Å². The molecule has 0 fully saturated rings. The molecule has 4 heteroatoms. The smallest absolute Gasteiger partial charge is 0.271 e. The third-order valence-electron chi connectivity index (χ3n) is 2.94. The molecule has 0 atom stereocenters. The lowest BCUT2D eigenvalue weighted by Crippen LogP contribution is -2.18. The highest BCUT2D eigenvalue weighted by Crippen LogP contribution is 2.15. The van der Waals surface area contributed by atoms with E-state index >= 15 is 0 Å². The number of rotatable bonds is 3. The lowest BCUT2D eigenvalue weighted by Gasteiger charge is -2.03. The minimum atomic E-state index is -0.272. The summed E-state index contributed by atoms with van der Waals surface area (Å²) in [5.74, 6) is -0.143. The summed E-state index contributed by atoms with van der Waals surface area (Å²) in [6.07, 6.45) is 1.43. The minimum Gasteiger partial charge on any atom is -0.507 e. The van der Waals surface area contributed by atoms with Gasteiger partial charge in [-0.25, -0.2) is 5.43 Å². The topological polar surface area (TPSA) is 61.7 Å². The van der Waals surface area contributed by atoms with Crippen molar-refractivity contribution in [3.63, 3.8) is 0 Å². The Morgan fingerprint density at radius 2 is 1.95 bits per heavy atom. The fourth-order valence-electron chi connectivity index (χ4n) is 1.83. The summed E-state index contributed by atoms with van der Waals surface area (Å²) >= 11 is 0. The molecule has 0 heterocycles. The van der Waals surface area contributed by atoms with Crippen molar-refractivity contribution in [1.82, 2.24) is 5.43 Å². The second-order valence-electron chi connectivity index (χ2n) is 4.58. The summed E-state index contributed by atoms with van der Waals surface area (Å²) < 4.78 is 0. The Morgan fingerprint density at radius 1 is 1.20 bits per heavy atom. The van der Waals surface area contributed by atoms with Crippen LogP contribution < -0.4 is 5.43 Å². The number of phenols is 1. The number of aromatic hydroxyl groups is 1. The number of aryl methyl sites for hydroxylation is 2. The highest BCUT2D eigenvalue weighted by molar-refractivity contribution is 5.96. The van der Waals surface area contributed by atoms with Gasteiger partial charge in [0.25, 0.3) is 5.91 Å². The van der Waals surface area contributed by atoms with Crippen LogP contribution in [-0.2, 0) is 0 Å². The molecular weight excluding hydrogens is 252 g/mol. The van der Waals surface area contributed by atoms with Gasteiger partial charge in [0.05, 0.1) is 6.21 Å². The summed E-state index contributed by atoms with van der Waals surface area (Å²) in [5.41, 5.74) is 5.50. The van der Waals surface area contributed by atoms with E-state index in [-0.39, 0.29) is 11.7 Å².